The summed E-state index contributed by atoms with van der Waals surface area (Å²) in [5, 5.41) is 12.7. The van der Waals surface area contributed by atoms with Crippen LogP contribution in [-0.4, -0.2) is 28.1 Å². The molecule has 3 aromatic rings. The smallest absolute Gasteiger partial charge is 0.138 e. The number of fused-ring (bicyclic) bond motifs is 1. The second-order valence-electron chi connectivity index (χ2n) is 6.57. The fraction of sp³-hybridized carbons (Fsp3) is 0.318. The van der Waals surface area contributed by atoms with Gasteiger partial charge in [0.2, 0.25) is 0 Å². The highest BCUT2D eigenvalue weighted by atomic mass is 16.3. The second kappa shape index (κ2) is 7.85. The Labute approximate surface area is 155 Å². The van der Waals surface area contributed by atoms with Crippen LogP contribution in [0.2, 0.25) is 0 Å². The van der Waals surface area contributed by atoms with E-state index in [9.17, 15) is 5.11 Å². The van der Waals surface area contributed by atoms with Gasteiger partial charge < -0.3 is 10.8 Å². The minimum atomic E-state index is 0.162. The molecule has 4 heteroatoms. The van der Waals surface area contributed by atoms with Crippen LogP contribution in [0.1, 0.15) is 30.7 Å². The molecule has 0 saturated heterocycles. The molecule has 0 fully saturated rings. The van der Waals surface area contributed by atoms with Crippen molar-refractivity contribution in [3.63, 3.8) is 0 Å². The topological polar surface area (TPSA) is 62.4 Å². The van der Waals surface area contributed by atoms with Gasteiger partial charge in [0.1, 0.15) is 5.75 Å². The largest absolute Gasteiger partial charge is 0.506 e. The highest BCUT2D eigenvalue weighted by Gasteiger charge is 2.19. The molecule has 0 aliphatic carbocycles. The minimum Gasteiger partial charge on any atom is -0.506 e. The summed E-state index contributed by atoms with van der Waals surface area (Å²) in [6.45, 7) is 9.45. The van der Waals surface area contributed by atoms with Gasteiger partial charge in [-0.1, -0.05) is 50.2 Å². The molecule has 136 valence electrons. The van der Waals surface area contributed by atoms with Gasteiger partial charge in [-0.2, -0.15) is 0 Å². The lowest BCUT2D eigenvalue weighted by atomic mass is 9.89. The highest BCUT2D eigenvalue weighted by molar-refractivity contribution is 5.99. The Kier molecular flexibility index (Phi) is 5.55. The Morgan fingerprint density at radius 2 is 1.77 bits per heavy atom. The maximum Gasteiger partial charge on any atom is 0.138 e. The van der Waals surface area contributed by atoms with E-state index in [0.717, 1.165) is 42.0 Å². The van der Waals surface area contributed by atoms with Gasteiger partial charge in [0.15, 0.2) is 0 Å². The van der Waals surface area contributed by atoms with Gasteiger partial charge >= 0.3 is 0 Å². The first-order valence-electron chi connectivity index (χ1n) is 9.21. The maximum atomic E-state index is 10.4. The summed E-state index contributed by atoms with van der Waals surface area (Å²) in [4.78, 5) is 6.80. The van der Waals surface area contributed by atoms with Crippen molar-refractivity contribution in [2.24, 2.45) is 5.73 Å². The molecule has 26 heavy (non-hydrogen) atoms. The predicted octanol–water partition coefficient (Wildman–Crippen LogP) is 4.22. The van der Waals surface area contributed by atoms with Crippen LogP contribution in [0.3, 0.4) is 0 Å². The van der Waals surface area contributed by atoms with Crippen molar-refractivity contribution in [3.8, 4) is 16.9 Å². The fourth-order valence-corrected chi connectivity index (χ4v) is 3.62. The van der Waals surface area contributed by atoms with E-state index in [2.05, 4.69) is 54.1 Å². The van der Waals surface area contributed by atoms with Crippen LogP contribution in [0.25, 0.3) is 21.9 Å². The quantitative estimate of drug-likeness (QED) is 0.699. The van der Waals surface area contributed by atoms with Crippen molar-refractivity contribution in [2.75, 3.05) is 13.1 Å². The number of nitrogens with two attached hydrogens (primary N) is 1. The number of pyridine rings is 1. The Morgan fingerprint density at radius 3 is 2.46 bits per heavy atom. The lowest BCUT2D eigenvalue weighted by Gasteiger charge is -2.23. The van der Waals surface area contributed by atoms with Crippen molar-refractivity contribution in [1.82, 2.24) is 9.88 Å². The molecule has 4 nitrogen and oxygen atoms in total. The number of hydrogen-bond acceptors (Lipinski definition) is 4. The number of benzene rings is 2. The molecule has 0 atom stereocenters. The monoisotopic (exact) mass is 349 g/mol. The molecule has 0 saturated carbocycles. The Balaban J connectivity index is 2.35. The molecule has 0 spiro atoms. The summed E-state index contributed by atoms with van der Waals surface area (Å²) in [5.74, 6) is 0.162. The van der Waals surface area contributed by atoms with Crippen molar-refractivity contribution in [3.05, 3.63) is 59.4 Å². The third-order valence-corrected chi connectivity index (χ3v) is 5.11. The zero-order valence-electron chi connectivity index (χ0n) is 15.8. The van der Waals surface area contributed by atoms with Crippen molar-refractivity contribution in [1.29, 1.82) is 0 Å². The van der Waals surface area contributed by atoms with Crippen LogP contribution in [0.15, 0.2) is 42.6 Å². The number of aromatic hydroxyl groups is 1. The molecule has 3 N–H and O–H groups in total. The summed E-state index contributed by atoms with van der Waals surface area (Å²) in [6.07, 6.45) is 1.50. The molecule has 0 aliphatic rings. The van der Waals surface area contributed by atoms with E-state index in [0.29, 0.717) is 0 Å². The molecule has 0 amide bonds. The van der Waals surface area contributed by atoms with Crippen molar-refractivity contribution >= 4 is 10.8 Å². The lowest BCUT2D eigenvalue weighted by Crippen LogP contribution is -2.22. The van der Waals surface area contributed by atoms with E-state index >= 15 is 0 Å². The van der Waals surface area contributed by atoms with E-state index in [1.165, 1.54) is 22.5 Å². The van der Waals surface area contributed by atoms with E-state index in [-0.39, 0.29) is 12.3 Å². The molecule has 0 unspecified atom stereocenters. The van der Waals surface area contributed by atoms with E-state index < -0.39 is 0 Å². The number of rotatable bonds is 6. The summed E-state index contributed by atoms with van der Waals surface area (Å²) in [5.41, 5.74) is 11.0. The Hall–Kier alpha value is -2.43. The first-order valence-corrected chi connectivity index (χ1v) is 9.21. The van der Waals surface area contributed by atoms with Crippen LogP contribution in [-0.2, 0) is 13.1 Å². The predicted molar refractivity (Wildman–Crippen MR) is 108 cm³/mol. The number of aromatic nitrogens is 1. The van der Waals surface area contributed by atoms with Gasteiger partial charge in [-0.05, 0) is 41.9 Å². The molecule has 3 rings (SSSR count). The zero-order valence-corrected chi connectivity index (χ0v) is 15.8. The molecule has 0 bridgehead atoms. The van der Waals surface area contributed by atoms with Crippen LogP contribution < -0.4 is 5.73 Å². The minimum absolute atomic E-state index is 0.162. The van der Waals surface area contributed by atoms with Gasteiger partial charge in [0.05, 0.1) is 6.20 Å². The van der Waals surface area contributed by atoms with Crippen molar-refractivity contribution < 1.29 is 5.11 Å². The molecule has 2 aromatic carbocycles. The number of hydrogen-bond donors (Lipinski definition) is 2. The van der Waals surface area contributed by atoms with E-state index in [4.69, 9.17) is 5.73 Å². The van der Waals surface area contributed by atoms with Crippen molar-refractivity contribution in [2.45, 2.75) is 33.9 Å². The fourth-order valence-electron chi connectivity index (χ4n) is 3.62. The zero-order chi connectivity index (χ0) is 18.7. The normalized spacial score (nSPS) is 11.4. The van der Waals surface area contributed by atoms with E-state index in [1.807, 2.05) is 13.0 Å². The standard InChI is InChI=1S/C22H27N3O/c1-4-25(5-2)14-17-11-10-16-8-6-7-9-18(16)22(17)21-15(3)24-13-20(26)19(21)12-23/h6-11,13,26H,4-5,12,14,23H2,1-3H3. The van der Waals surface area contributed by atoms with Gasteiger partial charge in [-0.15, -0.1) is 0 Å². The van der Waals surface area contributed by atoms with Gasteiger partial charge in [0.25, 0.3) is 0 Å². The molecule has 1 heterocycles. The van der Waals surface area contributed by atoms with Crippen LogP contribution in [0, 0.1) is 6.92 Å². The number of aryl methyl sites for hydroxylation is 1. The molecular weight excluding hydrogens is 322 g/mol. The van der Waals surface area contributed by atoms with Crippen LogP contribution in [0.5, 0.6) is 5.75 Å². The molecule has 0 radical (unpaired) electrons. The average Bonchev–Trinajstić information content (AvgIpc) is 2.67. The highest BCUT2D eigenvalue weighted by Crippen LogP contribution is 2.39. The summed E-state index contributed by atoms with van der Waals surface area (Å²) in [7, 11) is 0. The summed E-state index contributed by atoms with van der Waals surface area (Å²) >= 11 is 0. The first-order chi connectivity index (χ1) is 12.6. The van der Waals surface area contributed by atoms with Crippen LogP contribution >= 0.6 is 0 Å². The lowest BCUT2D eigenvalue weighted by molar-refractivity contribution is 0.296. The van der Waals surface area contributed by atoms with Crippen LogP contribution in [0.4, 0.5) is 0 Å². The third-order valence-electron chi connectivity index (χ3n) is 5.11. The SMILES string of the molecule is CCN(CC)Cc1ccc2ccccc2c1-c1c(C)ncc(O)c1CN. The molecule has 1 aromatic heterocycles. The third kappa shape index (κ3) is 3.30. The van der Waals surface area contributed by atoms with Gasteiger partial charge in [-0.3, -0.25) is 9.88 Å². The summed E-state index contributed by atoms with van der Waals surface area (Å²) in [6, 6.07) is 12.7. The average molecular weight is 349 g/mol. The molecule has 0 aliphatic heterocycles. The van der Waals surface area contributed by atoms with Gasteiger partial charge in [-0.25, -0.2) is 0 Å². The second-order valence-corrected chi connectivity index (χ2v) is 6.57. The summed E-state index contributed by atoms with van der Waals surface area (Å²) < 4.78 is 0. The number of nitrogens with zero attached hydrogens (tertiary/aromatic N) is 2. The Morgan fingerprint density at radius 1 is 1.04 bits per heavy atom. The van der Waals surface area contributed by atoms with Gasteiger partial charge in [0, 0.05) is 29.9 Å². The Bertz CT molecular complexity index is 917. The maximum absolute atomic E-state index is 10.4. The van der Waals surface area contributed by atoms with E-state index in [1.54, 1.807) is 0 Å². The molecular formula is C22H27N3O. The first kappa shape index (κ1) is 18.4.